The second-order valence-corrected chi connectivity index (χ2v) is 9.07. The van der Waals surface area contributed by atoms with Gasteiger partial charge >= 0.3 is 0 Å². The monoisotopic (exact) mass is 488 g/mol. The van der Waals surface area contributed by atoms with Crippen LogP contribution in [0.3, 0.4) is 0 Å². The Hall–Kier alpha value is -3.87. The van der Waals surface area contributed by atoms with Crippen molar-refractivity contribution in [3.63, 3.8) is 0 Å². The highest BCUT2D eigenvalue weighted by Crippen LogP contribution is 2.31. The van der Waals surface area contributed by atoms with Gasteiger partial charge in [-0.25, -0.2) is 0 Å². The van der Waals surface area contributed by atoms with Crippen molar-refractivity contribution < 1.29 is 14.8 Å². The molecule has 36 heavy (non-hydrogen) atoms. The molecule has 190 valence electrons. The number of carbonyl (C=O) groups excluding carboxylic acids is 2. The molecule has 0 bridgehead atoms. The van der Waals surface area contributed by atoms with Crippen molar-refractivity contribution in [2.75, 3.05) is 24.5 Å². The predicted octanol–water partition coefficient (Wildman–Crippen LogP) is 5.05. The summed E-state index contributed by atoms with van der Waals surface area (Å²) >= 11 is 0. The first kappa shape index (κ1) is 26.7. The van der Waals surface area contributed by atoms with Gasteiger partial charge in [-0.05, 0) is 48.2 Å². The van der Waals surface area contributed by atoms with Crippen LogP contribution in [0, 0.1) is 5.92 Å². The Bertz CT molecular complexity index is 1140. The molecule has 0 spiro atoms. The number of hydrogen-bond donors (Lipinski definition) is 1. The molecule has 3 rings (SSSR count). The number of nitrogens with zero attached hydrogens (tertiary/aromatic N) is 4. The number of carbonyl (C=O) groups is 2. The maximum absolute atomic E-state index is 13.5. The average molecular weight is 489 g/mol. The fourth-order valence-electron chi connectivity index (χ4n) is 4.35. The van der Waals surface area contributed by atoms with Crippen LogP contribution >= 0.6 is 0 Å². The molecular formula is C29H36N4O3. The molecule has 1 unspecified atom stereocenters. The van der Waals surface area contributed by atoms with Crippen LogP contribution in [0.5, 0.6) is 0 Å². The lowest BCUT2D eigenvalue weighted by molar-refractivity contribution is -0.119. The molecule has 0 radical (unpaired) electrons. The van der Waals surface area contributed by atoms with Gasteiger partial charge in [-0.2, -0.15) is 0 Å². The first-order valence-electron chi connectivity index (χ1n) is 12.4. The Morgan fingerprint density at radius 3 is 2.53 bits per heavy atom. The number of amides is 2. The summed E-state index contributed by atoms with van der Waals surface area (Å²) in [7, 11) is 0. The SMILES string of the molecule is C=CC(C)C(=C)N1CC(=O)N(Cc2ccc(C(=O)N(CC)CCC)cc2)c2cc(/C=N/O)ccc2C1. The molecule has 2 amide bonds. The van der Waals surface area contributed by atoms with Gasteiger partial charge in [0.15, 0.2) is 0 Å². The lowest BCUT2D eigenvalue weighted by Crippen LogP contribution is -2.37. The van der Waals surface area contributed by atoms with E-state index in [1.165, 1.54) is 6.21 Å². The first-order valence-corrected chi connectivity index (χ1v) is 12.4. The molecule has 0 aromatic heterocycles. The van der Waals surface area contributed by atoms with E-state index in [2.05, 4.69) is 25.2 Å². The number of allylic oxidation sites excluding steroid dienone is 1. The third kappa shape index (κ3) is 6.03. The van der Waals surface area contributed by atoms with Crippen LogP contribution in [0.2, 0.25) is 0 Å². The first-order chi connectivity index (χ1) is 17.3. The largest absolute Gasteiger partial charge is 0.411 e. The summed E-state index contributed by atoms with van der Waals surface area (Å²) in [4.78, 5) is 31.9. The summed E-state index contributed by atoms with van der Waals surface area (Å²) in [5.74, 6) is -0.0147. The maximum Gasteiger partial charge on any atom is 0.253 e. The Morgan fingerprint density at radius 2 is 1.92 bits per heavy atom. The van der Waals surface area contributed by atoms with Crippen LogP contribution in [0.4, 0.5) is 5.69 Å². The van der Waals surface area contributed by atoms with Crippen molar-refractivity contribution in [1.29, 1.82) is 0 Å². The predicted molar refractivity (Wildman–Crippen MR) is 144 cm³/mol. The topological polar surface area (TPSA) is 76.5 Å². The molecule has 7 heteroatoms. The van der Waals surface area contributed by atoms with E-state index in [0.717, 1.165) is 35.5 Å². The van der Waals surface area contributed by atoms with Gasteiger partial charge in [-0.3, -0.25) is 9.59 Å². The second kappa shape index (κ2) is 12.2. The van der Waals surface area contributed by atoms with E-state index < -0.39 is 0 Å². The summed E-state index contributed by atoms with van der Waals surface area (Å²) < 4.78 is 0. The van der Waals surface area contributed by atoms with Crippen LogP contribution in [-0.4, -0.2) is 52.7 Å². The maximum atomic E-state index is 13.5. The molecular weight excluding hydrogens is 452 g/mol. The van der Waals surface area contributed by atoms with Crippen molar-refractivity contribution in [3.8, 4) is 0 Å². The molecule has 2 aromatic rings. The molecule has 1 aliphatic rings. The highest BCUT2D eigenvalue weighted by molar-refractivity contribution is 5.97. The molecule has 0 saturated heterocycles. The summed E-state index contributed by atoms with van der Waals surface area (Å²) in [6.45, 7) is 16.6. The molecule has 1 atom stereocenters. The number of oxime groups is 1. The third-order valence-corrected chi connectivity index (χ3v) is 6.58. The lowest BCUT2D eigenvalue weighted by atomic mass is 10.1. The van der Waals surface area contributed by atoms with E-state index in [-0.39, 0.29) is 24.3 Å². The number of anilines is 1. The van der Waals surface area contributed by atoms with E-state index >= 15 is 0 Å². The summed E-state index contributed by atoms with van der Waals surface area (Å²) in [5.41, 5.74) is 4.81. The minimum absolute atomic E-state index is 0.0144. The molecule has 1 N–H and O–H groups in total. The van der Waals surface area contributed by atoms with Crippen LogP contribution in [0.1, 0.15) is 54.2 Å². The Morgan fingerprint density at radius 1 is 1.19 bits per heavy atom. The Balaban J connectivity index is 1.92. The van der Waals surface area contributed by atoms with Crippen molar-refractivity contribution in [1.82, 2.24) is 9.80 Å². The quantitative estimate of drug-likeness (QED) is 0.220. The van der Waals surface area contributed by atoms with Gasteiger partial charge in [0.05, 0.1) is 19.3 Å². The van der Waals surface area contributed by atoms with Crippen molar-refractivity contribution in [2.24, 2.45) is 11.1 Å². The van der Waals surface area contributed by atoms with Crippen LogP contribution in [0.25, 0.3) is 0 Å². The molecule has 0 fully saturated rings. The number of rotatable bonds is 10. The van der Waals surface area contributed by atoms with Gasteiger partial charge in [-0.1, -0.05) is 55.9 Å². The zero-order chi connectivity index (χ0) is 26.2. The van der Waals surface area contributed by atoms with Crippen molar-refractivity contribution in [2.45, 2.75) is 40.3 Å². The minimum atomic E-state index is -0.0653. The molecule has 2 aromatic carbocycles. The molecule has 1 aliphatic heterocycles. The van der Waals surface area contributed by atoms with Gasteiger partial charge in [-0.15, -0.1) is 6.58 Å². The Kier molecular flexibility index (Phi) is 9.06. The third-order valence-electron chi connectivity index (χ3n) is 6.58. The van der Waals surface area contributed by atoms with Gasteiger partial charge in [0.2, 0.25) is 5.91 Å². The van der Waals surface area contributed by atoms with E-state index in [9.17, 15) is 9.59 Å². The fraction of sp³-hybridized carbons (Fsp3) is 0.345. The average Bonchev–Trinajstić information content (AvgIpc) is 3.02. The van der Waals surface area contributed by atoms with E-state index in [1.807, 2.05) is 72.2 Å². The normalized spacial score (nSPS) is 14.4. The van der Waals surface area contributed by atoms with Gasteiger partial charge in [0.25, 0.3) is 5.91 Å². The number of benzene rings is 2. The Labute approximate surface area is 214 Å². The number of fused-ring (bicyclic) bond motifs is 1. The van der Waals surface area contributed by atoms with Gasteiger partial charge < -0.3 is 19.9 Å². The molecule has 0 aliphatic carbocycles. The fourth-order valence-corrected chi connectivity index (χ4v) is 4.35. The van der Waals surface area contributed by atoms with Gasteiger partial charge in [0.1, 0.15) is 0 Å². The van der Waals surface area contributed by atoms with E-state index in [0.29, 0.717) is 30.8 Å². The molecule has 1 heterocycles. The summed E-state index contributed by atoms with van der Waals surface area (Å²) in [6.07, 6.45) is 4.08. The van der Waals surface area contributed by atoms with Gasteiger partial charge in [0, 0.05) is 42.5 Å². The van der Waals surface area contributed by atoms with E-state index in [1.54, 1.807) is 4.90 Å². The summed E-state index contributed by atoms with van der Waals surface area (Å²) in [5, 5.41) is 12.2. The second-order valence-electron chi connectivity index (χ2n) is 9.07. The van der Waals surface area contributed by atoms with Crippen LogP contribution < -0.4 is 4.90 Å². The van der Waals surface area contributed by atoms with Crippen molar-refractivity contribution >= 4 is 23.7 Å². The zero-order valence-corrected chi connectivity index (χ0v) is 21.5. The standard InChI is InChI=1S/C29H36N4O3/c1-6-15-31(8-3)29(35)25-12-9-23(10-13-25)18-33-27-16-24(17-30-36)11-14-26(27)19-32(20-28(33)34)22(5)21(4)7-2/h7,9-14,16-17,21,36H,2,5-6,8,15,18-20H2,1,3-4H3/b30-17+. The van der Waals surface area contributed by atoms with Crippen molar-refractivity contribution in [3.05, 3.63) is 89.6 Å². The number of hydrogen-bond acceptors (Lipinski definition) is 5. The molecule has 0 saturated carbocycles. The minimum Gasteiger partial charge on any atom is -0.411 e. The zero-order valence-electron chi connectivity index (χ0n) is 21.5. The summed E-state index contributed by atoms with van der Waals surface area (Å²) in [6, 6.07) is 13.1. The van der Waals surface area contributed by atoms with E-state index in [4.69, 9.17) is 5.21 Å². The lowest BCUT2D eigenvalue weighted by Gasteiger charge is -2.27. The molecule has 7 nitrogen and oxygen atoms in total. The van der Waals surface area contributed by atoms with Crippen LogP contribution in [0.15, 0.2) is 72.6 Å². The van der Waals surface area contributed by atoms with Crippen LogP contribution in [-0.2, 0) is 17.9 Å². The highest BCUT2D eigenvalue weighted by Gasteiger charge is 2.28. The smallest absolute Gasteiger partial charge is 0.253 e. The highest BCUT2D eigenvalue weighted by atomic mass is 16.4.